The molecule has 0 fully saturated rings. The highest BCUT2D eigenvalue weighted by molar-refractivity contribution is 5.29. The van der Waals surface area contributed by atoms with E-state index in [9.17, 15) is 0 Å². The number of hydrogen-bond donors (Lipinski definition) is 1. The first-order valence-corrected chi connectivity index (χ1v) is 6.00. The van der Waals surface area contributed by atoms with Gasteiger partial charge in [-0.2, -0.15) is 0 Å². The number of nitrogens with zero attached hydrogens (tertiary/aromatic N) is 2. The molecular weight excluding hydrogens is 226 g/mol. The Morgan fingerprint density at radius 2 is 2.11 bits per heavy atom. The van der Waals surface area contributed by atoms with E-state index in [4.69, 9.17) is 4.74 Å². The molecule has 0 unspecified atom stereocenters. The van der Waals surface area contributed by atoms with Gasteiger partial charge < -0.3 is 10.1 Å². The van der Waals surface area contributed by atoms with Crippen molar-refractivity contribution in [3.8, 4) is 11.5 Å². The van der Waals surface area contributed by atoms with Gasteiger partial charge in [-0.05, 0) is 18.2 Å². The summed E-state index contributed by atoms with van der Waals surface area (Å²) in [5.74, 6) is 1.50. The van der Waals surface area contributed by atoms with Gasteiger partial charge in [-0.15, -0.1) is 0 Å². The maximum atomic E-state index is 5.70. The molecule has 0 aromatic carbocycles. The summed E-state index contributed by atoms with van der Waals surface area (Å²) in [5, 5.41) is 3.32. The van der Waals surface area contributed by atoms with E-state index in [0.29, 0.717) is 6.04 Å². The van der Waals surface area contributed by atoms with Gasteiger partial charge in [-0.25, -0.2) is 0 Å². The van der Waals surface area contributed by atoms with Gasteiger partial charge in [-0.1, -0.05) is 13.8 Å². The first-order chi connectivity index (χ1) is 8.74. The van der Waals surface area contributed by atoms with Crippen LogP contribution >= 0.6 is 0 Å². The Labute approximate surface area is 107 Å². The second kappa shape index (κ2) is 6.12. The van der Waals surface area contributed by atoms with Gasteiger partial charge >= 0.3 is 0 Å². The van der Waals surface area contributed by atoms with Crippen LogP contribution < -0.4 is 10.1 Å². The van der Waals surface area contributed by atoms with Crippen molar-refractivity contribution in [1.82, 2.24) is 15.3 Å². The molecule has 0 saturated heterocycles. The highest BCUT2D eigenvalue weighted by Crippen LogP contribution is 2.19. The normalized spacial score (nSPS) is 10.6. The standard InChI is InChI=1S/C14H17N3O/c1-11(2)17-9-12-8-13(5-7-16-12)18-14-4-3-6-15-10-14/h3-8,10-11,17H,9H2,1-2H3. The molecule has 0 radical (unpaired) electrons. The number of hydrogen-bond acceptors (Lipinski definition) is 4. The van der Waals surface area contributed by atoms with Crippen LogP contribution in [0, 0.1) is 0 Å². The lowest BCUT2D eigenvalue weighted by molar-refractivity contribution is 0.477. The number of aromatic nitrogens is 2. The van der Waals surface area contributed by atoms with E-state index in [1.165, 1.54) is 0 Å². The minimum absolute atomic E-state index is 0.440. The van der Waals surface area contributed by atoms with Gasteiger partial charge in [0, 0.05) is 31.0 Å². The smallest absolute Gasteiger partial charge is 0.145 e. The molecule has 0 aliphatic heterocycles. The topological polar surface area (TPSA) is 47.0 Å². The quantitative estimate of drug-likeness (QED) is 0.877. The Hall–Kier alpha value is -1.94. The van der Waals surface area contributed by atoms with E-state index >= 15 is 0 Å². The van der Waals surface area contributed by atoms with Gasteiger partial charge in [0.05, 0.1) is 11.9 Å². The summed E-state index contributed by atoms with van der Waals surface area (Å²) in [5.41, 5.74) is 0.963. The fraction of sp³-hybridized carbons (Fsp3) is 0.286. The Bertz CT molecular complexity index is 485. The maximum Gasteiger partial charge on any atom is 0.145 e. The van der Waals surface area contributed by atoms with E-state index in [-0.39, 0.29) is 0 Å². The van der Waals surface area contributed by atoms with E-state index in [2.05, 4.69) is 29.1 Å². The average Bonchev–Trinajstić information content (AvgIpc) is 2.38. The van der Waals surface area contributed by atoms with E-state index in [0.717, 1.165) is 23.7 Å². The number of ether oxygens (including phenoxy) is 1. The largest absolute Gasteiger partial charge is 0.456 e. The Morgan fingerprint density at radius 3 is 2.83 bits per heavy atom. The molecule has 0 aliphatic carbocycles. The molecular formula is C14H17N3O. The summed E-state index contributed by atoms with van der Waals surface area (Å²) in [6, 6.07) is 7.93. The zero-order valence-electron chi connectivity index (χ0n) is 10.6. The molecule has 1 N–H and O–H groups in total. The van der Waals surface area contributed by atoms with Crippen molar-refractivity contribution < 1.29 is 4.74 Å². The third kappa shape index (κ3) is 3.82. The van der Waals surface area contributed by atoms with Crippen LogP contribution in [0.4, 0.5) is 0 Å². The van der Waals surface area contributed by atoms with Gasteiger partial charge in [0.1, 0.15) is 11.5 Å². The molecule has 0 spiro atoms. The summed E-state index contributed by atoms with van der Waals surface area (Å²) in [6.07, 6.45) is 5.16. The summed E-state index contributed by atoms with van der Waals surface area (Å²) < 4.78 is 5.70. The summed E-state index contributed by atoms with van der Waals surface area (Å²) in [7, 11) is 0. The highest BCUT2D eigenvalue weighted by atomic mass is 16.5. The lowest BCUT2D eigenvalue weighted by Crippen LogP contribution is -2.22. The number of pyridine rings is 2. The highest BCUT2D eigenvalue weighted by Gasteiger charge is 2.01. The molecule has 18 heavy (non-hydrogen) atoms. The Morgan fingerprint density at radius 1 is 1.22 bits per heavy atom. The van der Waals surface area contributed by atoms with Crippen LogP contribution in [0.5, 0.6) is 11.5 Å². The molecule has 94 valence electrons. The van der Waals surface area contributed by atoms with Crippen molar-refractivity contribution >= 4 is 0 Å². The summed E-state index contributed by atoms with van der Waals surface area (Å²) in [4.78, 5) is 8.30. The fourth-order valence-corrected chi connectivity index (χ4v) is 1.47. The van der Waals surface area contributed by atoms with Crippen molar-refractivity contribution in [2.24, 2.45) is 0 Å². The van der Waals surface area contributed by atoms with Crippen molar-refractivity contribution in [3.05, 3.63) is 48.5 Å². The average molecular weight is 243 g/mol. The molecule has 2 aromatic rings. The second-order valence-electron chi connectivity index (χ2n) is 4.31. The van der Waals surface area contributed by atoms with Crippen LogP contribution in [0.15, 0.2) is 42.9 Å². The summed E-state index contributed by atoms with van der Waals surface area (Å²) >= 11 is 0. The maximum absolute atomic E-state index is 5.70. The van der Waals surface area contributed by atoms with Crippen LogP contribution in [0.3, 0.4) is 0 Å². The van der Waals surface area contributed by atoms with Gasteiger partial charge in [0.2, 0.25) is 0 Å². The predicted octanol–water partition coefficient (Wildman–Crippen LogP) is 2.77. The van der Waals surface area contributed by atoms with Crippen molar-refractivity contribution in [2.75, 3.05) is 0 Å². The van der Waals surface area contributed by atoms with Gasteiger partial charge in [0.25, 0.3) is 0 Å². The molecule has 4 heteroatoms. The van der Waals surface area contributed by atoms with Crippen molar-refractivity contribution in [2.45, 2.75) is 26.4 Å². The van der Waals surface area contributed by atoms with Crippen LogP contribution in [0.2, 0.25) is 0 Å². The van der Waals surface area contributed by atoms with E-state index < -0.39 is 0 Å². The molecule has 4 nitrogen and oxygen atoms in total. The minimum atomic E-state index is 0.440. The molecule has 0 bridgehead atoms. The van der Waals surface area contributed by atoms with Gasteiger partial charge in [0.15, 0.2) is 0 Å². The molecule has 0 aliphatic rings. The first-order valence-electron chi connectivity index (χ1n) is 6.00. The lowest BCUT2D eigenvalue weighted by atomic mass is 10.3. The SMILES string of the molecule is CC(C)NCc1cc(Oc2cccnc2)ccn1. The third-order valence-electron chi connectivity index (χ3n) is 2.35. The molecule has 0 saturated carbocycles. The molecule has 0 atom stereocenters. The zero-order chi connectivity index (χ0) is 12.8. The zero-order valence-corrected chi connectivity index (χ0v) is 10.6. The molecule has 2 rings (SSSR count). The summed E-state index contributed by atoms with van der Waals surface area (Å²) in [6.45, 7) is 4.95. The fourth-order valence-electron chi connectivity index (χ4n) is 1.47. The molecule has 2 heterocycles. The predicted molar refractivity (Wildman–Crippen MR) is 70.5 cm³/mol. The number of rotatable bonds is 5. The lowest BCUT2D eigenvalue weighted by Gasteiger charge is -2.09. The van der Waals surface area contributed by atoms with Crippen LogP contribution in [0.25, 0.3) is 0 Å². The molecule has 0 amide bonds. The van der Waals surface area contributed by atoms with Crippen LogP contribution in [-0.4, -0.2) is 16.0 Å². The monoisotopic (exact) mass is 243 g/mol. The van der Waals surface area contributed by atoms with Crippen LogP contribution in [-0.2, 0) is 6.54 Å². The van der Waals surface area contributed by atoms with Crippen LogP contribution in [0.1, 0.15) is 19.5 Å². The second-order valence-corrected chi connectivity index (χ2v) is 4.31. The Balaban J connectivity index is 2.03. The number of nitrogens with one attached hydrogen (secondary N) is 1. The Kier molecular flexibility index (Phi) is 4.25. The van der Waals surface area contributed by atoms with Crippen molar-refractivity contribution in [3.63, 3.8) is 0 Å². The van der Waals surface area contributed by atoms with Crippen molar-refractivity contribution in [1.29, 1.82) is 0 Å². The molecule has 2 aromatic heterocycles. The van der Waals surface area contributed by atoms with Gasteiger partial charge in [-0.3, -0.25) is 9.97 Å². The minimum Gasteiger partial charge on any atom is -0.456 e. The van der Waals surface area contributed by atoms with E-state index in [1.807, 2.05) is 24.3 Å². The first kappa shape index (κ1) is 12.5. The van der Waals surface area contributed by atoms with E-state index in [1.54, 1.807) is 18.6 Å². The third-order valence-corrected chi connectivity index (χ3v) is 2.35.